The van der Waals surface area contributed by atoms with Gasteiger partial charge < -0.3 is 14.5 Å². The number of nitrogens with one attached hydrogen (secondary N) is 1. The number of nitrogens with zero attached hydrogens (tertiary/aromatic N) is 2. The first-order chi connectivity index (χ1) is 13.2. The molecule has 0 bridgehead atoms. The van der Waals surface area contributed by atoms with E-state index in [9.17, 15) is 4.79 Å². The van der Waals surface area contributed by atoms with Gasteiger partial charge in [0.25, 0.3) is 0 Å². The van der Waals surface area contributed by atoms with Gasteiger partial charge in [-0.3, -0.25) is 4.79 Å². The van der Waals surface area contributed by atoms with Crippen LogP contribution < -0.4 is 5.32 Å². The van der Waals surface area contributed by atoms with Crippen molar-refractivity contribution in [3.8, 4) is 0 Å². The van der Waals surface area contributed by atoms with E-state index in [2.05, 4.69) is 15.5 Å². The predicted octanol–water partition coefficient (Wildman–Crippen LogP) is 3.42. The minimum atomic E-state index is -0.208. The third-order valence-electron chi connectivity index (χ3n) is 5.63. The standard InChI is InChI=1S/C20H24ClN3O3/c21-15-4-2-14(3-5-15)20(10-1-11-20)19-24-23-18(27-19)7-6-17(25)22-16-8-12-26-13-9-16/h2-5,16H,1,6-13H2,(H,22,25). The molecule has 1 aromatic heterocycles. The molecule has 6 nitrogen and oxygen atoms in total. The molecule has 1 aromatic carbocycles. The minimum absolute atomic E-state index is 0.0257. The number of hydrogen-bond acceptors (Lipinski definition) is 5. The molecule has 0 radical (unpaired) electrons. The molecule has 27 heavy (non-hydrogen) atoms. The average Bonchev–Trinajstić information content (AvgIpc) is 3.11. The Labute approximate surface area is 163 Å². The van der Waals surface area contributed by atoms with E-state index in [1.54, 1.807) is 0 Å². The van der Waals surface area contributed by atoms with Crippen molar-refractivity contribution in [1.29, 1.82) is 0 Å². The lowest BCUT2D eigenvalue weighted by molar-refractivity contribution is -0.122. The Balaban J connectivity index is 1.37. The molecule has 2 fully saturated rings. The van der Waals surface area contributed by atoms with Crippen LogP contribution >= 0.6 is 11.6 Å². The summed E-state index contributed by atoms with van der Waals surface area (Å²) in [4.78, 5) is 12.2. The van der Waals surface area contributed by atoms with Crippen LogP contribution in [0.3, 0.4) is 0 Å². The van der Waals surface area contributed by atoms with E-state index in [1.165, 1.54) is 0 Å². The molecule has 7 heteroatoms. The summed E-state index contributed by atoms with van der Waals surface area (Å²) < 4.78 is 11.3. The monoisotopic (exact) mass is 389 g/mol. The maximum atomic E-state index is 12.2. The van der Waals surface area contributed by atoms with Crippen LogP contribution in [-0.2, 0) is 21.4 Å². The summed E-state index contributed by atoms with van der Waals surface area (Å²) in [6.07, 6.45) is 5.67. The van der Waals surface area contributed by atoms with Gasteiger partial charge in [-0.15, -0.1) is 10.2 Å². The van der Waals surface area contributed by atoms with E-state index in [0.717, 1.165) is 42.7 Å². The molecule has 1 amide bonds. The zero-order valence-electron chi connectivity index (χ0n) is 15.2. The fourth-order valence-corrected chi connectivity index (χ4v) is 3.96. The topological polar surface area (TPSA) is 77.2 Å². The number of amides is 1. The van der Waals surface area contributed by atoms with Crippen molar-refractivity contribution in [2.24, 2.45) is 0 Å². The molecule has 1 saturated heterocycles. The summed E-state index contributed by atoms with van der Waals surface area (Å²) in [6.45, 7) is 1.43. The SMILES string of the molecule is O=C(CCc1nnc(C2(c3ccc(Cl)cc3)CCC2)o1)NC1CCOCC1. The van der Waals surface area contributed by atoms with Gasteiger partial charge in [-0.2, -0.15) is 0 Å². The van der Waals surface area contributed by atoms with Gasteiger partial charge in [0, 0.05) is 37.1 Å². The summed E-state index contributed by atoms with van der Waals surface area (Å²) in [5, 5.41) is 12.3. The van der Waals surface area contributed by atoms with Gasteiger partial charge in [0.1, 0.15) is 0 Å². The van der Waals surface area contributed by atoms with Crippen LogP contribution in [0, 0.1) is 0 Å². The highest BCUT2D eigenvalue weighted by Gasteiger charge is 2.45. The Kier molecular flexibility index (Phi) is 5.45. The number of benzene rings is 1. The van der Waals surface area contributed by atoms with Crippen LogP contribution in [-0.4, -0.2) is 35.4 Å². The Morgan fingerprint density at radius 3 is 2.59 bits per heavy atom. The zero-order valence-corrected chi connectivity index (χ0v) is 16.0. The third kappa shape index (κ3) is 4.01. The van der Waals surface area contributed by atoms with Gasteiger partial charge >= 0.3 is 0 Å². The van der Waals surface area contributed by atoms with Crippen LogP contribution in [0.25, 0.3) is 0 Å². The lowest BCUT2D eigenvalue weighted by Crippen LogP contribution is -2.38. The normalized spacial score (nSPS) is 19.4. The molecule has 2 aromatic rings. The summed E-state index contributed by atoms with van der Waals surface area (Å²) in [5.41, 5.74) is 0.950. The van der Waals surface area contributed by atoms with E-state index in [4.69, 9.17) is 20.8 Å². The van der Waals surface area contributed by atoms with Crippen LogP contribution in [0.2, 0.25) is 5.02 Å². The van der Waals surface area contributed by atoms with Crippen molar-refractivity contribution in [3.05, 3.63) is 46.6 Å². The average molecular weight is 390 g/mol. The highest BCUT2D eigenvalue weighted by atomic mass is 35.5. The molecule has 1 aliphatic carbocycles. The maximum Gasteiger partial charge on any atom is 0.227 e. The van der Waals surface area contributed by atoms with Gasteiger partial charge in [0.15, 0.2) is 0 Å². The fourth-order valence-electron chi connectivity index (χ4n) is 3.84. The van der Waals surface area contributed by atoms with E-state index in [1.807, 2.05) is 24.3 Å². The number of aromatic nitrogens is 2. The largest absolute Gasteiger partial charge is 0.424 e. The van der Waals surface area contributed by atoms with Crippen molar-refractivity contribution in [3.63, 3.8) is 0 Å². The summed E-state index contributed by atoms with van der Waals surface area (Å²) in [7, 11) is 0. The Morgan fingerprint density at radius 2 is 1.93 bits per heavy atom. The Hall–Kier alpha value is -1.92. The lowest BCUT2D eigenvalue weighted by Gasteiger charge is -2.39. The fraction of sp³-hybridized carbons (Fsp3) is 0.550. The zero-order chi connectivity index (χ0) is 18.7. The van der Waals surface area contributed by atoms with Gasteiger partial charge in [0.2, 0.25) is 17.7 Å². The molecule has 2 aliphatic rings. The smallest absolute Gasteiger partial charge is 0.227 e. The molecule has 2 heterocycles. The third-order valence-corrected chi connectivity index (χ3v) is 5.88. The van der Waals surface area contributed by atoms with E-state index in [-0.39, 0.29) is 17.4 Å². The number of rotatable bonds is 6. The number of hydrogen-bond donors (Lipinski definition) is 1. The van der Waals surface area contributed by atoms with Crippen LogP contribution in [0.15, 0.2) is 28.7 Å². The van der Waals surface area contributed by atoms with Crippen LogP contribution in [0.5, 0.6) is 0 Å². The van der Waals surface area contributed by atoms with Crippen molar-refractivity contribution in [2.75, 3.05) is 13.2 Å². The van der Waals surface area contributed by atoms with Crippen molar-refractivity contribution in [2.45, 2.75) is 56.4 Å². The first kappa shape index (κ1) is 18.4. The second kappa shape index (κ2) is 7.98. The van der Waals surface area contributed by atoms with Gasteiger partial charge in [-0.05, 0) is 43.4 Å². The predicted molar refractivity (Wildman–Crippen MR) is 101 cm³/mol. The maximum absolute atomic E-state index is 12.2. The molecule has 1 saturated carbocycles. The first-order valence-corrected chi connectivity index (χ1v) is 9.99. The second-order valence-corrected chi connectivity index (χ2v) is 7.83. The molecule has 144 valence electrons. The Bertz CT molecular complexity index is 780. The van der Waals surface area contributed by atoms with Crippen molar-refractivity contribution in [1.82, 2.24) is 15.5 Å². The molecule has 0 atom stereocenters. The Morgan fingerprint density at radius 1 is 1.19 bits per heavy atom. The summed E-state index contributed by atoms with van der Waals surface area (Å²) >= 11 is 6.02. The van der Waals surface area contributed by atoms with Gasteiger partial charge in [0.05, 0.1) is 5.41 Å². The second-order valence-electron chi connectivity index (χ2n) is 7.40. The highest BCUT2D eigenvalue weighted by Crippen LogP contribution is 2.48. The molecule has 0 unspecified atom stereocenters. The summed E-state index contributed by atoms with van der Waals surface area (Å²) in [6, 6.07) is 8.08. The molecular formula is C20H24ClN3O3. The van der Waals surface area contributed by atoms with E-state index >= 15 is 0 Å². The molecule has 4 rings (SSSR count). The highest BCUT2D eigenvalue weighted by molar-refractivity contribution is 6.30. The van der Waals surface area contributed by atoms with Crippen molar-refractivity contribution < 1.29 is 13.9 Å². The van der Waals surface area contributed by atoms with E-state index in [0.29, 0.717) is 37.8 Å². The van der Waals surface area contributed by atoms with Crippen LogP contribution in [0.1, 0.15) is 55.9 Å². The quantitative estimate of drug-likeness (QED) is 0.819. The first-order valence-electron chi connectivity index (χ1n) is 9.62. The number of aryl methyl sites for hydroxylation is 1. The van der Waals surface area contributed by atoms with Crippen LogP contribution in [0.4, 0.5) is 0 Å². The van der Waals surface area contributed by atoms with Gasteiger partial charge in [-0.25, -0.2) is 0 Å². The number of halogens is 1. The minimum Gasteiger partial charge on any atom is -0.424 e. The van der Waals surface area contributed by atoms with Crippen molar-refractivity contribution >= 4 is 17.5 Å². The molecule has 1 N–H and O–H groups in total. The van der Waals surface area contributed by atoms with Gasteiger partial charge in [-0.1, -0.05) is 30.2 Å². The molecule has 1 aliphatic heterocycles. The molecule has 0 spiro atoms. The number of carbonyl (C=O) groups excluding carboxylic acids is 1. The molecular weight excluding hydrogens is 366 g/mol. The lowest BCUT2D eigenvalue weighted by atomic mass is 9.64. The number of carbonyl (C=O) groups is 1. The summed E-state index contributed by atoms with van der Waals surface area (Å²) in [5.74, 6) is 1.20. The van der Waals surface area contributed by atoms with E-state index < -0.39 is 0 Å². The number of ether oxygens (including phenoxy) is 1.